The zero-order chi connectivity index (χ0) is 18.6. The first kappa shape index (κ1) is 19.7. The second-order valence-corrected chi connectivity index (χ2v) is 6.26. The van der Waals surface area contributed by atoms with Crippen molar-refractivity contribution in [3.05, 3.63) is 54.1 Å². The number of carbonyl (C=O) groups is 1. The highest BCUT2D eigenvalue weighted by Gasteiger charge is 2.07. The highest BCUT2D eigenvalue weighted by molar-refractivity contribution is 6.00. The zero-order valence-corrected chi connectivity index (χ0v) is 15.3. The third-order valence-electron chi connectivity index (χ3n) is 4.02. The predicted molar refractivity (Wildman–Crippen MR) is 101 cm³/mol. The summed E-state index contributed by atoms with van der Waals surface area (Å²) >= 11 is 0. The van der Waals surface area contributed by atoms with E-state index in [-0.39, 0.29) is 6.42 Å². The quantitative estimate of drug-likeness (QED) is 0.355. The van der Waals surface area contributed by atoms with Crippen molar-refractivity contribution in [1.82, 2.24) is 9.55 Å². The van der Waals surface area contributed by atoms with Crippen LogP contribution in [0.3, 0.4) is 0 Å². The third kappa shape index (κ3) is 7.09. The van der Waals surface area contributed by atoms with E-state index in [2.05, 4.69) is 35.3 Å². The van der Waals surface area contributed by atoms with Gasteiger partial charge in [0.15, 0.2) is 0 Å². The van der Waals surface area contributed by atoms with Gasteiger partial charge in [-0.15, -0.1) is 0 Å². The summed E-state index contributed by atoms with van der Waals surface area (Å²) in [5.74, 6) is -0.779. The number of unbranched alkanes of at least 4 members (excludes halogenated alkanes) is 2. The molecule has 0 atom stereocenters. The topological polar surface area (TPSA) is 76.7 Å². The van der Waals surface area contributed by atoms with E-state index in [4.69, 9.17) is 9.94 Å². The summed E-state index contributed by atoms with van der Waals surface area (Å²) in [6.07, 6.45) is 10.2. The molecule has 0 fully saturated rings. The molecule has 6 nitrogen and oxygen atoms in total. The summed E-state index contributed by atoms with van der Waals surface area (Å²) in [7, 11) is 0. The van der Waals surface area contributed by atoms with Crippen LogP contribution in [0.15, 0.2) is 48.1 Å². The van der Waals surface area contributed by atoms with Crippen molar-refractivity contribution in [2.45, 2.75) is 52.0 Å². The van der Waals surface area contributed by atoms with Gasteiger partial charge >= 0.3 is 5.97 Å². The van der Waals surface area contributed by atoms with Crippen LogP contribution in [-0.2, 0) is 22.6 Å². The number of carboxylic acid groups (broad SMARTS) is 1. The highest BCUT2D eigenvalue weighted by atomic mass is 16.6. The van der Waals surface area contributed by atoms with E-state index in [1.807, 2.05) is 16.8 Å². The molecule has 0 bridgehead atoms. The average molecular weight is 357 g/mol. The predicted octanol–water partition coefficient (Wildman–Crippen LogP) is 3.90. The van der Waals surface area contributed by atoms with Gasteiger partial charge in [0.1, 0.15) is 12.3 Å². The number of carboxylic acids is 1. The van der Waals surface area contributed by atoms with Crippen LogP contribution in [0.1, 0.15) is 50.2 Å². The molecule has 0 radical (unpaired) electrons. The van der Waals surface area contributed by atoms with Crippen molar-refractivity contribution in [3.63, 3.8) is 0 Å². The van der Waals surface area contributed by atoms with Crippen LogP contribution in [0.4, 0.5) is 0 Å². The Balaban J connectivity index is 2.03. The molecule has 1 N–H and O–H groups in total. The third-order valence-corrected chi connectivity index (χ3v) is 4.02. The van der Waals surface area contributed by atoms with Crippen molar-refractivity contribution < 1.29 is 14.7 Å². The molecule has 1 heterocycles. The summed E-state index contributed by atoms with van der Waals surface area (Å²) in [5.41, 5.74) is 3.17. The SMILES string of the molecule is CCCCc1cccc(/C(Cn2ccnc2)=N/OCCCCC(=O)O)c1. The smallest absolute Gasteiger partial charge is 0.303 e. The summed E-state index contributed by atoms with van der Waals surface area (Å²) in [5, 5.41) is 13.0. The van der Waals surface area contributed by atoms with Gasteiger partial charge in [-0.05, 0) is 37.3 Å². The van der Waals surface area contributed by atoms with E-state index in [1.165, 1.54) is 12.0 Å². The highest BCUT2D eigenvalue weighted by Crippen LogP contribution is 2.12. The van der Waals surface area contributed by atoms with E-state index in [1.54, 1.807) is 12.5 Å². The molecule has 0 unspecified atom stereocenters. The minimum Gasteiger partial charge on any atom is -0.481 e. The number of nitrogens with zero attached hydrogens (tertiary/aromatic N) is 3. The minimum absolute atomic E-state index is 0.161. The zero-order valence-electron chi connectivity index (χ0n) is 15.3. The fraction of sp³-hybridized carbons (Fsp3) is 0.450. The molecule has 0 saturated carbocycles. The maximum Gasteiger partial charge on any atom is 0.303 e. The van der Waals surface area contributed by atoms with Gasteiger partial charge in [0, 0.05) is 24.4 Å². The Morgan fingerprint density at radius 1 is 1.31 bits per heavy atom. The molecule has 0 aliphatic heterocycles. The van der Waals surface area contributed by atoms with Crippen LogP contribution in [0.25, 0.3) is 0 Å². The molecule has 1 aromatic heterocycles. The minimum atomic E-state index is -0.779. The molecule has 2 rings (SSSR count). The summed E-state index contributed by atoms with van der Waals surface area (Å²) in [6.45, 7) is 3.18. The van der Waals surface area contributed by atoms with Crippen LogP contribution in [0.5, 0.6) is 0 Å². The fourth-order valence-electron chi connectivity index (χ4n) is 2.58. The molecule has 0 aliphatic rings. The van der Waals surface area contributed by atoms with Crippen LogP contribution in [-0.4, -0.2) is 32.9 Å². The number of imidazole rings is 1. The maximum atomic E-state index is 10.5. The average Bonchev–Trinajstić information content (AvgIpc) is 3.15. The van der Waals surface area contributed by atoms with E-state index in [0.29, 0.717) is 26.0 Å². The molecule has 0 saturated heterocycles. The van der Waals surface area contributed by atoms with Crippen LogP contribution < -0.4 is 0 Å². The Morgan fingerprint density at radius 3 is 2.92 bits per heavy atom. The molecule has 140 valence electrons. The van der Waals surface area contributed by atoms with E-state index in [0.717, 1.165) is 24.1 Å². The standard InChI is InChI=1S/C20H27N3O3/c1-2-3-7-17-8-6-9-18(14-17)19(15-23-12-11-21-16-23)22-26-13-5-4-10-20(24)25/h6,8-9,11-12,14,16H,2-5,7,10,13,15H2,1H3,(H,24,25)/b22-19+. The largest absolute Gasteiger partial charge is 0.481 e. The Morgan fingerprint density at radius 2 is 2.19 bits per heavy atom. The van der Waals surface area contributed by atoms with Crippen LogP contribution >= 0.6 is 0 Å². The lowest BCUT2D eigenvalue weighted by Crippen LogP contribution is -2.12. The Bertz CT molecular complexity index is 696. The molecule has 0 amide bonds. The van der Waals surface area contributed by atoms with E-state index in [9.17, 15) is 4.79 Å². The first-order valence-corrected chi connectivity index (χ1v) is 9.14. The Kier molecular flexibility index (Phi) is 8.39. The number of oxime groups is 1. The molecular formula is C20H27N3O3. The van der Waals surface area contributed by atoms with Crippen molar-refractivity contribution in [3.8, 4) is 0 Å². The van der Waals surface area contributed by atoms with Crippen LogP contribution in [0, 0.1) is 0 Å². The summed E-state index contributed by atoms with van der Waals surface area (Å²) < 4.78 is 1.95. The number of hydrogen-bond donors (Lipinski definition) is 1. The lowest BCUT2D eigenvalue weighted by Gasteiger charge is -2.10. The van der Waals surface area contributed by atoms with Gasteiger partial charge in [-0.1, -0.05) is 36.7 Å². The van der Waals surface area contributed by atoms with Crippen molar-refractivity contribution in [2.75, 3.05) is 6.61 Å². The Hall–Kier alpha value is -2.63. The molecule has 0 spiro atoms. The number of hydrogen-bond acceptors (Lipinski definition) is 4. The molecule has 1 aromatic carbocycles. The van der Waals surface area contributed by atoms with Gasteiger partial charge in [0.05, 0.1) is 12.9 Å². The first-order valence-electron chi connectivity index (χ1n) is 9.14. The second-order valence-electron chi connectivity index (χ2n) is 6.26. The van der Waals surface area contributed by atoms with Crippen molar-refractivity contribution in [1.29, 1.82) is 0 Å². The molecule has 6 heteroatoms. The maximum absolute atomic E-state index is 10.5. The van der Waals surface area contributed by atoms with E-state index < -0.39 is 5.97 Å². The number of aliphatic carboxylic acids is 1. The summed E-state index contributed by atoms with van der Waals surface area (Å²) in [4.78, 5) is 20.1. The summed E-state index contributed by atoms with van der Waals surface area (Å²) in [6, 6.07) is 8.40. The van der Waals surface area contributed by atoms with Crippen molar-refractivity contribution >= 4 is 11.7 Å². The monoisotopic (exact) mass is 357 g/mol. The van der Waals surface area contributed by atoms with Gasteiger partial charge in [-0.3, -0.25) is 4.79 Å². The number of aromatic nitrogens is 2. The number of rotatable bonds is 12. The molecule has 26 heavy (non-hydrogen) atoms. The van der Waals surface area contributed by atoms with Gasteiger partial charge in [-0.25, -0.2) is 4.98 Å². The van der Waals surface area contributed by atoms with E-state index >= 15 is 0 Å². The van der Waals surface area contributed by atoms with Gasteiger partial charge in [0.25, 0.3) is 0 Å². The van der Waals surface area contributed by atoms with Gasteiger partial charge < -0.3 is 14.5 Å². The van der Waals surface area contributed by atoms with Crippen LogP contribution in [0.2, 0.25) is 0 Å². The molecule has 0 aliphatic carbocycles. The van der Waals surface area contributed by atoms with Gasteiger partial charge in [-0.2, -0.15) is 0 Å². The first-order chi connectivity index (χ1) is 12.7. The lowest BCUT2D eigenvalue weighted by molar-refractivity contribution is -0.137. The fourth-order valence-corrected chi connectivity index (χ4v) is 2.58. The number of benzene rings is 1. The van der Waals surface area contributed by atoms with Gasteiger partial charge in [0.2, 0.25) is 0 Å². The Labute approximate surface area is 154 Å². The second kappa shape index (κ2) is 11.1. The lowest BCUT2D eigenvalue weighted by atomic mass is 10.0. The molecular weight excluding hydrogens is 330 g/mol. The van der Waals surface area contributed by atoms with Crippen molar-refractivity contribution in [2.24, 2.45) is 5.16 Å². The number of aryl methyl sites for hydroxylation is 1. The molecule has 2 aromatic rings. The normalized spacial score (nSPS) is 11.5.